The van der Waals surface area contributed by atoms with Gasteiger partial charge in [0, 0.05) is 11.6 Å². The molecule has 0 radical (unpaired) electrons. The first-order chi connectivity index (χ1) is 9.74. The minimum Gasteiger partial charge on any atom is -0.294 e. The highest BCUT2D eigenvalue weighted by Gasteiger charge is 2.14. The number of allylic oxidation sites excluding steroid dienone is 1. The van der Waals surface area contributed by atoms with Gasteiger partial charge in [0.15, 0.2) is 5.78 Å². The highest BCUT2D eigenvalue weighted by atomic mass is 19.1. The molecule has 20 heavy (non-hydrogen) atoms. The lowest BCUT2D eigenvalue weighted by molar-refractivity contribution is -0.112. The van der Waals surface area contributed by atoms with Crippen molar-refractivity contribution in [2.75, 3.05) is 0 Å². The fraction of sp³-hybridized carbons (Fsp3) is 0.167. The second-order valence-electron chi connectivity index (χ2n) is 5.37. The first-order valence-corrected chi connectivity index (χ1v) is 6.89. The van der Waals surface area contributed by atoms with Crippen molar-refractivity contribution >= 4 is 34.8 Å². The van der Waals surface area contributed by atoms with Gasteiger partial charge in [0.05, 0.1) is 0 Å². The van der Waals surface area contributed by atoms with Gasteiger partial charge in [0.25, 0.3) is 0 Å². The fourth-order valence-corrected chi connectivity index (χ4v) is 3.22. The van der Waals surface area contributed by atoms with Gasteiger partial charge in [-0.15, -0.1) is 0 Å². The van der Waals surface area contributed by atoms with E-state index >= 15 is 0 Å². The monoisotopic (exact) mass is 264 g/mol. The fourth-order valence-electron chi connectivity index (χ4n) is 3.22. The standard InChI is InChI=1S/C18H13FO/c19-18-10-16-13-4-2-1-3-11(13)5-7-14(16)15-8-6-12(20)9-17(15)18/h1,3,5,7-10H,2,4,6H2. The molecular formula is C18H13FO. The van der Waals surface area contributed by atoms with Crippen molar-refractivity contribution in [2.45, 2.75) is 19.3 Å². The van der Waals surface area contributed by atoms with Gasteiger partial charge in [-0.1, -0.05) is 30.4 Å². The van der Waals surface area contributed by atoms with Crippen LogP contribution >= 0.6 is 0 Å². The number of Topliss-reactive ketones (excluding diaryl/α,β-unsaturated/α-hetero) is 1. The van der Waals surface area contributed by atoms with Crippen molar-refractivity contribution < 1.29 is 9.18 Å². The Hall–Kier alpha value is -2.22. The molecule has 1 nitrogen and oxygen atoms in total. The Bertz CT molecular complexity index is 903. The lowest BCUT2D eigenvalue weighted by atomic mass is 9.90. The van der Waals surface area contributed by atoms with E-state index in [4.69, 9.17) is 0 Å². The van der Waals surface area contributed by atoms with Gasteiger partial charge in [-0.3, -0.25) is 4.79 Å². The second-order valence-corrected chi connectivity index (χ2v) is 5.37. The number of carbonyl (C=O) groups is 1. The van der Waals surface area contributed by atoms with Crippen molar-refractivity contribution in [2.24, 2.45) is 0 Å². The molecule has 0 bridgehead atoms. The smallest absolute Gasteiger partial charge is 0.160 e. The molecule has 2 aromatic rings. The number of halogens is 1. The Morgan fingerprint density at radius 1 is 1.10 bits per heavy atom. The average Bonchev–Trinajstić information content (AvgIpc) is 2.47. The van der Waals surface area contributed by atoms with Crippen LogP contribution < -0.4 is 10.4 Å². The summed E-state index contributed by atoms with van der Waals surface area (Å²) in [4.78, 5) is 11.5. The number of carbonyl (C=O) groups excluding carboxylic acids is 1. The third-order valence-corrected chi connectivity index (χ3v) is 4.17. The van der Waals surface area contributed by atoms with E-state index in [0.717, 1.165) is 28.8 Å². The van der Waals surface area contributed by atoms with Crippen LogP contribution in [0.1, 0.15) is 24.0 Å². The minimum atomic E-state index is -0.292. The van der Waals surface area contributed by atoms with Gasteiger partial charge < -0.3 is 0 Å². The molecule has 0 aromatic heterocycles. The van der Waals surface area contributed by atoms with Crippen LogP contribution in [0, 0.1) is 5.82 Å². The van der Waals surface area contributed by atoms with Gasteiger partial charge in [-0.2, -0.15) is 0 Å². The van der Waals surface area contributed by atoms with E-state index in [9.17, 15) is 9.18 Å². The molecule has 0 fully saturated rings. The molecular weight excluding hydrogens is 251 g/mol. The zero-order valence-electron chi connectivity index (χ0n) is 10.9. The van der Waals surface area contributed by atoms with Crippen LogP contribution in [0.5, 0.6) is 0 Å². The Morgan fingerprint density at radius 2 is 2.00 bits per heavy atom. The third kappa shape index (κ3) is 1.58. The number of hydrogen-bond donors (Lipinski definition) is 0. The zero-order valence-corrected chi connectivity index (χ0v) is 10.9. The molecule has 0 N–H and O–H groups in total. The maximum absolute atomic E-state index is 14.3. The first-order valence-electron chi connectivity index (χ1n) is 6.89. The van der Waals surface area contributed by atoms with Crippen LogP contribution in [0.15, 0.2) is 24.3 Å². The third-order valence-electron chi connectivity index (χ3n) is 4.17. The first kappa shape index (κ1) is 11.6. The Morgan fingerprint density at radius 3 is 2.90 bits per heavy atom. The zero-order chi connectivity index (χ0) is 13.7. The topological polar surface area (TPSA) is 17.1 Å². The average molecular weight is 264 g/mol. The summed E-state index contributed by atoms with van der Waals surface area (Å²) in [6.07, 6.45) is 9.86. The van der Waals surface area contributed by atoms with Crippen LogP contribution in [-0.2, 0) is 11.2 Å². The Labute approximate surface area is 115 Å². The molecule has 98 valence electrons. The maximum atomic E-state index is 14.3. The van der Waals surface area contributed by atoms with Crippen molar-refractivity contribution in [3.8, 4) is 0 Å². The lowest BCUT2D eigenvalue weighted by Gasteiger charge is -2.15. The quantitative estimate of drug-likeness (QED) is 0.714. The van der Waals surface area contributed by atoms with E-state index in [2.05, 4.69) is 18.2 Å². The van der Waals surface area contributed by atoms with E-state index in [1.807, 2.05) is 12.1 Å². The summed E-state index contributed by atoms with van der Waals surface area (Å²) >= 11 is 0. The van der Waals surface area contributed by atoms with Crippen LogP contribution in [0.3, 0.4) is 0 Å². The summed E-state index contributed by atoms with van der Waals surface area (Å²) < 4.78 is 14.3. The summed E-state index contributed by atoms with van der Waals surface area (Å²) in [6.45, 7) is 0. The normalized spacial score (nSPS) is 16.4. The van der Waals surface area contributed by atoms with Crippen LogP contribution in [0.2, 0.25) is 0 Å². The predicted molar refractivity (Wildman–Crippen MR) is 79.1 cm³/mol. The molecule has 2 aliphatic rings. The predicted octanol–water partition coefficient (Wildman–Crippen LogP) is 2.47. The maximum Gasteiger partial charge on any atom is 0.160 e. The SMILES string of the molecule is O=C1C=c2c(F)cc3c4c(ccc3c2=CC1)C=CCC4. The van der Waals surface area contributed by atoms with Crippen LogP contribution in [-0.4, -0.2) is 5.78 Å². The summed E-state index contributed by atoms with van der Waals surface area (Å²) in [5.41, 5.74) is 2.40. The molecule has 0 saturated heterocycles. The Balaban J connectivity index is 2.21. The van der Waals surface area contributed by atoms with Crippen molar-refractivity contribution in [3.05, 3.63) is 51.7 Å². The van der Waals surface area contributed by atoms with Crippen molar-refractivity contribution in [3.63, 3.8) is 0 Å². The number of ketones is 1. The number of benzene rings is 2. The van der Waals surface area contributed by atoms with Crippen LogP contribution in [0.25, 0.3) is 29.0 Å². The number of aryl methyl sites for hydroxylation is 1. The van der Waals surface area contributed by atoms with E-state index in [1.54, 1.807) is 6.07 Å². The highest BCUT2D eigenvalue weighted by Crippen LogP contribution is 2.26. The second kappa shape index (κ2) is 4.14. The van der Waals surface area contributed by atoms with Gasteiger partial charge in [0.2, 0.25) is 0 Å². The molecule has 0 aliphatic heterocycles. The molecule has 4 rings (SSSR count). The summed E-state index contributed by atoms with van der Waals surface area (Å²) in [7, 11) is 0. The molecule has 0 unspecified atom stereocenters. The summed E-state index contributed by atoms with van der Waals surface area (Å²) in [5.74, 6) is -0.323. The van der Waals surface area contributed by atoms with E-state index in [1.165, 1.54) is 17.2 Å². The lowest BCUT2D eigenvalue weighted by Crippen LogP contribution is -2.33. The van der Waals surface area contributed by atoms with E-state index in [-0.39, 0.29) is 11.6 Å². The van der Waals surface area contributed by atoms with Gasteiger partial charge in [-0.25, -0.2) is 4.39 Å². The van der Waals surface area contributed by atoms with Crippen molar-refractivity contribution in [1.82, 2.24) is 0 Å². The molecule has 2 aromatic carbocycles. The van der Waals surface area contributed by atoms with Crippen molar-refractivity contribution in [1.29, 1.82) is 0 Å². The molecule has 0 spiro atoms. The summed E-state index contributed by atoms with van der Waals surface area (Å²) in [5, 5.41) is 3.36. The van der Waals surface area contributed by atoms with Gasteiger partial charge >= 0.3 is 0 Å². The van der Waals surface area contributed by atoms with Crippen LogP contribution in [0.4, 0.5) is 4.39 Å². The highest BCUT2D eigenvalue weighted by molar-refractivity contribution is 6.10. The molecule has 2 heteroatoms. The largest absolute Gasteiger partial charge is 0.294 e. The summed E-state index contributed by atoms with van der Waals surface area (Å²) in [6, 6.07) is 5.73. The van der Waals surface area contributed by atoms with E-state index < -0.39 is 0 Å². The molecule has 0 heterocycles. The minimum absolute atomic E-state index is 0.0309. The molecule has 0 saturated carbocycles. The van der Waals surface area contributed by atoms with E-state index in [0.29, 0.717) is 11.6 Å². The number of hydrogen-bond acceptors (Lipinski definition) is 1. The molecule has 0 amide bonds. The molecule has 2 aliphatic carbocycles. The number of fused-ring (bicyclic) bond motifs is 5. The Kier molecular flexibility index (Phi) is 2.40. The van der Waals surface area contributed by atoms with Gasteiger partial charge in [0.1, 0.15) is 5.82 Å². The molecule has 0 atom stereocenters. The number of rotatable bonds is 0. The van der Waals surface area contributed by atoms with Gasteiger partial charge in [-0.05, 0) is 52.1 Å².